The minimum atomic E-state index is -0.606. The van der Waals surface area contributed by atoms with Crippen LogP contribution in [0.2, 0.25) is 0 Å². The van der Waals surface area contributed by atoms with Gasteiger partial charge in [-0.15, -0.1) is 0 Å². The lowest BCUT2D eigenvalue weighted by Gasteiger charge is -2.29. The highest BCUT2D eigenvalue weighted by atomic mass is 16.5. The number of amides is 3. The molecule has 2 atom stereocenters. The normalized spacial score (nSPS) is 22.9. The predicted molar refractivity (Wildman–Crippen MR) is 122 cm³/mol. The molecule has 0 saturated carbocycles. The number of carbonyl (C=O) groups excluding carboxylic acids is 3. The van der Waals surface area contributed by atoms with Gasteiger partial charge < -0.3 is 14.0 Å². The third-order valence-electron chi connectivity index (χ3n) is 6.91. The molecule has 2 saturated heterocycles. The van der Waals surface area contributed by atoms with Gasteiger partial charge in [0.15, 0.2) is 0 Å². The molecule has 9 nitrogen and oxygen atoms in total. The van der Waals surface area contributed by atoms with E-state index in [-0.39, 0.29) is 24.3 Å². The summed E-state index contributed by atoms with van der Waals surface area (Å²) in [4.78, 5) is 45.0. The lowest BCUT2D eigenvalue weighted by molar-refractivity contribution is -0.136. The van der Waals surface area contributed by atoms with E-state index in [1.54, 1.807) is 11.0 Å². The molecule has 2 fully saturated rings. The number of hydrogen-bond acceptors (Lipinski definition) is 6. The van der Waals surface area contributed by atoms with Crippen LogP contribution in [0.1, 0.15) is 40.9 Å². The number of nitrogens with zero attached hydrogens (tertiary/aromatic N) is 4. The SMILES string of the molecule is O=C1CCC(N2Cc3cc(O[C@H]4CCN(Cc5cnc6ccccn56)C4)ccc3C2=O)C(=O)N1. The van der Waals surface area contributed by atoms with Crippen molar-refractivity contribution in [2.45, 2.75) is 44.5 Å². The average molecular weight is 460 g/mol. The Balaban J connectivity index is 1.10. The molecular weight excluding hydrogens is 434 g/mol. The number of pyridine rings is 1. The molecule has 1 unspecified atom stereocenters. The van der Waals surface area contributed by atoms with Gasteiger partial charge in [0.05, 0.1) is 11.9 Å². The second-order valence-electron chi connectivity index (χ2n) is 9.16. The van der Waals surface area contributed by atoms with E-state index in [9.17, 15) is 14.4 Å². The summed E-state index contributed by atoms with van der Waals surface area (Å²) in [5.74, 6) is -0.117. The number of likely N-dealkylation sites (tertiary alicyclic amines) is 1. The fourth-order valence-corrected chi connectivity index (χ4v) is 5.18. The van der Waals surface area contributed by atoms with Crippen LogP contribution in [0.5, 0.6) is 5.75 Å². The van der Waals surface area contributed by atoms with Gasteiger partial charge in [-0.3, -0.25) is 24.6 Å². The Morgan fingerprint density at radius 3 is 2.91 bits per heavy atom. The second-order valence-corrected chi connectivity index (χ2v) is 9.16. The van der Waals surface area contributed by atoms with Gasteiger partial charge in [-0.1, -0.05) is 6.07 Å². The molecular formula is C25H25N5O4. The number of aromatic nitrogens is 2. The highest BCUT2D eigenvalue weighted by Gasteiger charge is 2.39. The number of rotatable bonds is 5. The Kier molecular flexibility index (Phi) is 5.06. The summed E-state index contributed by atoms with van der Waals surface area (Å²) in [5, 5.41) is 2.34. The zero-order valence-corrected chi connectivity index (χ0v) is 18.6. The third kappa shape index (κ3) is 3.71. The largest absolute Gasteiger partial charge is 0.489 e. The Bertz CT molecular complexity index is 1300. The quantitative estimate of drug-likeness (QED) is 0.584. The van der Waals surface area contributed by atoms with Crippen molar-refractivity contribution in [1.29, 1.82) is 0 Å². The van der Waals surface area contributed by atoms with E-state index in [1.165, 1.54) is 0 Å². The number of carbonyl (C=O) groups is 3. The minimum Gasteiger partial charge on any atom is -0.489 e. The van der Waals surface area contributed by atoms with Gasteiger partial charge >= 0.3 is 0 Å². The van der Waals surface area contributed by atoms with E-state index in [1.807, 2.05) is 42.7 Å². The van der Waals surface area contributed by atoms with E-state index in [0.29, 0.717) is 18.5 Å². The van der Waals surface area contributed by atoms with Crippen molar-refractivity contribution < 1.29 is 19.1 Å². The fraction of sp³-hybridized carbons (Fsp3) is 0.360. The second kappa shape index (κ2) is 8.25. The molecule has 1 aromatic carbocycles. The van der Waals surface area contributed by atoms with Gasteiger partial charge in [0.25, 0.3) is 5.91 Å². The highest BCUT2D eigenvalue weighted by Crippen LogP contribution is 2.31. The van der Waals surface area contributed by atoms with Crippen LogP contribution < -0.4 is 10.1 Å². The topological polar surface area (TPSA) is 96.2 Å². The van der Waals surface area contributed by atoms with Crippen molar-refractivity contribution in [2.75, 3.05) is 13.1 Å². The summed E-state index contributed by atoms with van der Waals surface area (Å²) in [7, 11) is 0. The summed E-state index contributed by atoms with van der Waals surface area (Å²) in [6, 6.07) is 10.9. The molecule has 0 spiro atoms. The minimum absolute atomic E-state index is 0.0700. The van der Waals surface area contributed by atoms with Crippen molar-refractivity contribution in [2.24, 2.45) is 0 Å². The maximum Gasteiger partial charge on any atom is 0.255 e. The van der Waals surface area contributed by atoms with Crippen molar-refractivity contribution in [1.82, 2.24) is 24.5 Å². The molecule has 5 heterocycles. The lowest BCUT2D eigenvalue weighted by atomic mass is 10.0. The molecule has 3 amide bonds. The molecule has 3 aliphatic rings. The van der Waals surface area contributed by atoms with Crippen LogP contribution in [0.3, 0.4) is 0 Å². The first kappa shape index (κ1) is 20.9. The number of imidazole rings is 1. The van der Waals surface area contributed by atoms with Crippen molar-refractivity contribution in [3.05, 3.63) is 65.6 Å². The highest BCUT2D eigenvalue weighted by molar-refractivity contribution is 6.05. The smallest absolute Gasteiger partial charge is 0.255 e. The number of nitrogens with one attached hydrogen (secondary N) is 1. The number of piperidine rings is 1. The third-order valence-corrected chi connectivity index (χ3v) is 6.91. The zero-order chi connectivity index (χ0) is 23.2. The summed E-state index contributed by atoms with van der Waals surface area (Å²) < 4.78 is 8.38. The van der Waals surface area contributed by atoms with Crippen LogP contribution in [0.25, 0.3) is 5.65 Å². The predicted octanol–water partition coefficient (Wildman–Crippen LogP) is 1.75. The average Bonchev–Trinajstić information content (AvgIpc) is 3.53. The molecule has 34 heavy (non-hydrogen) atoms. The molecule has 0 aliphatic carbocycles. The zero-order valence-electron chi connectivity index (χ0n) is 18.6. The number of hydrogen-bond donors (Lipinski definition) is 1. The molecule has 174 valence electrons. The van der Waals surface area contributed by atoms with Gasteiger partial charge in [-0.25, -0.2) is 4.98 Å². The molecule has 6 rings (SSSR count). The summed E-state index contributed by atoms with van der Waals surface area (Å²) in [6.45, 7) is 2.92. The number of ether oxygens (including phenoxy) is 1. The van der Waals surface area contributed by atoms with Crippen molar-refractivity contribution >= 4 is 23.4 Å². The van der Waals surface area contributed by atoms with Crippen LogP contribution >= 0.6 is 0 Å². The van der Waals surface area contributed by atoms with Crippen LogP contribution in [0.4, 0.5) is 0 Å². The Hall–Kier alpha value is -3.72. The van der Waals surface area contributed by atoms with Crippen molar-refractivity contribution in [3.8, 4) is 5.75 Å². The van der Waals surface area contributed by atoms with Crippen LogP contribution in [0, 0.1) is 0 Å². The van der Waals surface area contributed by atoms with Crippen LogP contribution in [0.15, 0.2) is 48.8 Å². The van der Waals surface area contributed by atoms with Crippen molar-refractivity contribution in [3.63, 3.8) is 0 Å². The number of imide groups is 1. The monoisotopic (exact) mass is 459 g/mol. The summed E-state index contributed by atoms with van der Waals surface area (Å²) in [5.41, 5.74) is 3.55. The first-order chi connectivity index (χ1) is 16.5. The van der Waals surface area contributed by atoms with Crippen LogP contribution in [-0.4, -0.2) is 62.1 Å². The maximum atomic E-state index is 12.9. The molecule has 0 radical (unpaired) electrons. The summed E-state index contributed by atoms with van der Waals surface area (Å²) >= 11 is 0. The fourth-order valence-electron chi connectivity index (χ4n) is 5.18. The maximum absolute atomic E-state index is 12.9. The standard InChI is InChI=1S/C25H25N5O4/c31-23-7-6-21(24(32)27-23)30-13-16-11-18(4-5-20(16)25(30)33)34-19-8-10-28(15-19)14-17-12-26-22-3-1-2-9-29(17)22/h1-5,9,11-12,19,21H,6-8,10,13-15H2,(H,27,31,32)/t19-,21?/m0/s1. The van der Waals surface area contributed by atoms with Gasteiger partial charge in [0, 0.05) is 44.4 Å². The Labute approximate surface area is 196 Å². The molecule has 2 aromatic heterocycles. The van der Waals surface area contributed by atoms with E-state index in [0.717, 1.165) is 48.7 Å². The van der Waals surface area contributed by atoms with E-state index in [2.05, 4.69) is 19.6 Å². The van der Waals surface area contributed by atoms with E-state index >= 15 is 0 Å². The van der Waals surface area contributed by atoms with E-state index < -0.39 is 11.9 Å². The Morgan fingerprint density at radius 1 is 1.12 bits per heavy atom. The number of benzene rings is 1. The molecule has 1 N–H and O–H groups in total. The summed E-state index contributed by atoms with van der Waals surface area (Å²) in [6.07, 6.45) is 5.56. The number of fused-ring (bicyclic) bond motifs is 2. The van der Waals surface area contributed by atoms with Gasteiger partial charge in [0.2, 0.25) is 11.8 Å². The van der Waals surface area contributed by atoms with Gasteiger partial charge in [-0.2, -0.15) is 0 Å². The molecule has 3 aliphatic heterocycles. The first-order valence-corrected chi connectivity index (χ1v) is 11.6. The first-order valence-electron chi connectivity index (χ1n) is 11.6. The van der Waals surface area contributed by atoms with Gasteiger partial charge in [-0.05, 0) is 48.7 Å². The Morgan fingerprint density at radius 2 is 2.03 bits per heavy atom. The van der Waals surface area contributed by atoms with E-state index in [4.69, 9.17) is 4.74 Å². The van der Waals surface area contributed by atoms with Gasteiger partial charge in [0.1, 0.15) is 23.5 Å². The molecule has 3 aromatic rings. The lowest BCUT2D eigenvalue weighted by Crippen LogP contribution is -2.52. The van der Waals surface area contributed by atoms with Crippen LogP contribution in [-0.2, 0) is 22.7 Å². The molecule has 9 heteroatoms. The molecule has 0 bridgehead atoms.